The molecule has 46 heavy (non-hydrogen) atoms. The summed E-state index contributed by atoms with van der Waals surface area (Å²) in [7, 11) is 1.55. The largest absolute Gasteiger partial charge is 0.497 e. The number of carbonyl (C=O) groups excluding carboxylic acids is 4. The molecule has 4 aromatic rings. The van der Waals surface area contributed by atoms with E-state index in [0.29, 0.717) is 28.3 Å². The zero-order chi connectivity index (χ0) is 32.5. The van der Waals surface area contributed by atoms with Crippen LogP contribution in [0.5, 0.6) is 5.75 Å². The third-order valence-electron chi connectivity index (χ3n) is 6.75. The van der Waals surface area contributed by atoms with Crippen LogP contribution in [0.1, 0.15) is 29.3 Å². The highest BCUT2D eigenvalue weighted by molar-refractivity contribution is 8.00. The summed E-state index contributed by atoms with van der Waals surface area (Å²) >= 11 is 1.28. The van der Waals surface area contributed by atoms with Gasteiger partial charge in [-0.15, -0.1) is 11.8 Å². The van der Waals surface area contributed by atoms with Gasteiger partial charge in [-0.3, -0.25) is 19.2 Å². The molecule has 5 rings (SSSR count). The minimum Gasteiger partial charge on any atom is -0.497 e. The lowest BCUT2D eigenvalue weighted by Gasteiger charge is -2.14. The number of amides is 4. The van der Waals surface area contributed by atoms with Crippen molar-refractivity contribution >= 4 is 58.7 Å². The maximum absolute atomic E-state index is 13.5. The highest BCUT2D eigenvalue weighted by Crippen LogP contribution is 2.27. The first-order valence-electron chi connectivity index (χ1n) is 14.4. The van der Waals surface area contributed by atoms with Crippen LogP contribution in [-0.4, -0.2) is 41.8 Å². The molecule has 0 aliphatic carbocycles. The van der Waals surface area contributed by atoms with Crippen molar-refractivity contribution in [2.75, 3.05) is 17.4 Å². The fourth-order valence-electron chi connectivity index (χ4n) is 4.46. The Morgan fingerprint density at radius 1 is 0.891 bits per heavy atom. The molecule has 0 fully saturated rings. The van der Waals surface area contributed by atoms with Gasteiger partial charge >= 0.3 is 0 Å². The van der Waals surface area contributed by atoms with Gasteiger partial charge < -0.3 is 20.7 Å². The highest BCUT2D eigenvalue weighted by atomic mass is 32.2. The molecule has 1 unspecified atom stereocenters. The van der Waals surface area contributed by atoms with E-state index in [1.165, 1.54) is 16.8 Å². The molecule has 232 valence electrons. The first-order chi connectivity index (χ1) is 22.3. The van der Waals surface area contributed by atoms with Gasteiger partial charge in [0, 0.05) is 16.1 Å². The van der Waals surface area contributed by atoms with Gasteiger partial charge in [-0.05, 0) is 73.2 Å². The molecule has 0 saturated heterocycles. The van der Waals surface area contributed by atoms with Crippen molar-refractivity contribution in [1.82, 2.24) is 10.6 Å². The topological polar surface area (TPSA) is 129 Å². The zero-order valence-corrected chi connectivity index (χ0v) is 25.9. The Kier molecular flexibility index (Phi) is 10.3. The first kappa shape index (κ1) is 31.7. The first-order valence-corrected chi connectivity index (χ1v) is 15.2. The number of benzene rings is 4. The van der Waals surface area contributed by atoms with E-state index in [1.54, 1.807) is 105 Å². The van der Waals surface area contributed by atoms with Crippen molar-refractivity contribution in [3.8, 4) is 5.75 Å². The number of thioether (sulfide) groups is 1. The van der Waals surface area contributed by atoms with Gasteiger partial charge in [0.1, 0.15) is 17.3 Å². The number of carbonyl (C=O) groups is 4. The highest BCUT2D eigenvalue weighted by Gasteiger charge is 2.27. The molecule has 1 atom stereocenters. The predicted molar refractivity (Wildman–Crippen MR) is 179 cm³/mol. The number of hydrazone groups is 1. The third kappa shape index (κ3) is 8.27. The number of para-hydroxylation sites is 1. The number of anilines is 2. The Hall–Kier alpha value is -5.68. The van der Waals surface area contributed by atoms with Gasteiger partial charge in [-0.2, -0.15) is 10.1 Å². The van der Waals surface area contributed by atoms with Gasteiger partial charge in [0.2, 0.25) is 5.91 Å². The molecule has 3 N–H and O–H groups in total. The number of hydrogen-bond acceptors (Lipinski definition) is 7. The number of rotatable bonds is 10. The van der Waals surface area contributed by atoms with Gasteiger partial charge in [0.05, 0.1) is 24.5 Å². The molecule has 1 aliphatic heterocycles. The van der Waals surface area contributed by atoms with Crippen LogP contribution in [0.3, 0.4) is 0 Å². The van der Waals surface area contributed by atoms with E-state index in [2.05, 4.69) is 21.1 Å². The summed E-state index contributed by atoms with van der Waals surface area (Å²) in [4.78, 5) is 52.6. The quantitative estimate of drug-likeness (QED) is 0.157. The molecule has 10 nitrogen and oxygen atoms in total. The van der Waals surface area contributed by atoms with Crippen LogP contribution in [0.15, 0.2) is 125 Å². The molecule has 1 heterocycles. The average molecular weight is 634 g/mol. The Bertz CT molecular complexity index is 1810. The Morgan fingerprint density at radius 3 is 2.35 bits per heavy atom. The Morgan fingerprint density at radius 2 is 1.61 bits per heavy atom. The SMILES string of the molecule is COc1cccc(/C=C(\NC(=O)c2ccccc2)C(=O)Nc2cccc(SC(C)C(=O)NC3=NN(c4ccccc4)C(=O)C3)c2)c1. The van der Waals surface area contributed by atoms with E-state index in [0.717, 1.165) is 4.90 Å². The summed E-state index contributed by atoms with van der Waals surface area (Å²) in [5.74, 6) is -0.634. The van der Waals surface area contributed by atoms with Crippen LogP contribution in [0.4, 0.5) is 11.4 Å². The van der Waals surface area contributed by atoms with Crippen molar-refractivity contribution in [3.05, 3.63) is 126 Å². The molecule has 4 amide bonds. The van der Waals surface area contributed by atoms with Gasteiger partial charge in [0.15, 0.2) is 0 Å². The molecule has 0 saturated carbocycles. The van der Waals surface area contributed by atoms with Crippen molar-refractivity contribution in [1.29, 1.82) is 0 Å². The summed E-state index contributed by atoms with van der Waals surface area (Å²) in [6.07, 6.45) is 1.56. The second-order valence-electron chi connectivity index (χ2n) is 10.2. The average Bonchev–Trinajstić information content (AvgIpc) is 3.44. The van der Waals surface area contributed by atoms with Crippen LogP contribution >= 0.6 is 11.8 Å². The van der Waals surface area contributed by atoms with Gasteiger partial charge in [-0.1, -0.05) is 54.6 Å². The minimum absolute atomic E-state index is 0.00797. The molecule has 4 aromatic carbocycles. The zero-order valence-electron chi connectivity index (χ0n) is 25.1. The predicted octanol–water partition coefficient (Wildman–Crippen LogP) is 5.45. The molecule has 1 aliphatic rings. The Balaban J connectivity index is 1.26. The number of methoxy groups -OCH3 is 1. The molecule has 0 spiro atoms. The second kappa shape index (κ2) is 14.9. The number of nitrogens with zero attached hydrogens (tertiary/aromatic N) is 2. The van der Waals surface area contributed by atoms with E-state index in [-0.39, 0.29) is 29.8 Å². The van der Waals surface area contributed by atoms with E-state index in [1.807, 2.05) is 24.3 Å². The van der Waals surface area contributed by atoms with E-state index in [4.69, 9.17) is 4.74 Å². The molecule has 0 aromatic heterocycles. The summed E-state index contributed by atoms with van der Waals surface area (Å²) in [6.45, 7) is 1.74. The lowest BCUT2D eigenvalue weighted by Crippen LogP contribution is -2.35. The summed E-state index contributed by atoms with van der Waals surface area (Å²) in [6, 6.07) is 31.7. The molecular formula is C35H31N5O5S. The van der Waals surface area contributed by atoms with E-state index >= 15 is 0 Å². The second-order valence-corrected chi connectivity index (χ2v) is 11.6. The van der Waals surface area contributed by atoms with E-state index < -0.39 is 17.1 Å². The number of hydrogen-bond donors (Lipinski definition) is 3. The third-order valence-corrected chi connectivity index (χ3v) is 7.85. The monoisotopic (exact) mass is 633 g/mol. The molecule has 0 radical (unpaired) electrons. The summed E-state index contributed by atoms with van der Waals surface area (Å²) in [5.41, 5.74) is 2.18. The van der Waals surface area contributed by atoms with Crippen LogP contribution in [0, 0.1) is 0 Å². The summed E-state index contributed by atoms with van der Waals surface area (Å²) < 4.78 is 5.30. The van der Waals surface area contributed by atoms with Gasteiger partial charge in [-0.25, -0.2) is 0 Å². The van der Waals surface area contributed by atoms with Crippen LogP contribution in [-0.2, 0) is 14.4 Å². The smallest absolute Gasteiger partial charge is 0.272 e. The standard InChI is InChI=1S/C35H31N5O5S/c1-23(33(42)38-31-22-32(41)40(39-31)27-15-7-4-8-16-27)46-29-18-10-14-26(21-29)36-35(44)30(20-24-11-9-17-28(19-24)45-2)37-34(43)25-12-5-3-6-13-25/h3-21,23H,22H2,1-2H3,(H,36,44)(H,37,43)(H,38,39,42)/b30-20-. The fraction of sp³-hybridized carbons (Fsp3) is 0.114. The van der Waals surface area contributed by atoms with Crippen molar-refractivity contribution in [2.45, 2.75) is 23.5 Å². The van der Waals surface area contributed by atoms with Crippen LogP contribution in [0.25, 0.3) is 6.08 Å². The molecule has 0 bridgehead atoms. The van der Waals surface area contributed by atoms with Crippen LogP contribution < -0.4 is 25.7 Å². The fourth-order valence-corrected chi connectivity index (χ4v) is 5.38. The number of ether oxygens (including phenoxy) is 1. The Labute approximate surface area is 270 Å². The van der Waals surface area contributed by atoms with Crippen molar-refractivity contribution in [2.24, 2.45) is 5.10 Å². The summed E-state index contributed by atoms with van der Waals surface area (Å²) in [5, 5.41) is 13.3. The minimum atomic E-state index is -0.539. The van der Waals surface area contributed by atoms with Gasteiger partial charge in [0.25, 0.3) is 17.7 Å². The van der Waals surface area contributed by atoms with E-state index in [9.17, 15) is 19.2 Å². The maximum Gasteiger partial charge on any atom is 0.272 e. The van der Waals surface area contributed by atoms with Crippen LogP contribution in [0.2, 0.25) is 0 Å². The van der Waals surface area contributed by atoms with Crippen molar-refractivity contribution < 1.29 is 23.9 Å². The number of amidine groups is 1. The van der Waals surface area contributed by atoms with Crippen molar-refractivity contribution in [3.63, 3.8) is 0 Å². The lowest BCUT2D eigenvalue weighted by molar-refractivity contribution is -0.119. The normalized spacial score (nSPS) is 13.4. The molecule has 11 heteroatoms. The molecular weight excluding hydrogens is 602 g/mol. The lowest BCUT2D eigenvalue weighted by atomic mass is 10.1. The maximum atomic E-state index is 13.5. The number of nitrogens with one attached hydrogen (secondary N) is 3.